The molecular formula is C12H10N2O4S. The number of nitrogens with one attached hydrogen (secondary N) is 1. The smallest absolute Gasteiger partial charge is 0.412 e. The Balaban J connectivity index is 1.84. The van der Waals surface area contributed by atoms with Crippen LogP contribution in [0.15, 0.2) is 35.7 Å². The van der Waals surface area contributed by atoms with Crippen molar-refractivity contribution in [3.8, 4) is 5.75 Å². The van der Waals surface area contributed by atoms with Crippen molar-refractivity contribution in [2.75, 3.05) is 0 Å². The number of hydrogen-bond acceptors (Lipinski definition) is 5. The Morgan fingerprint density at radius 1 is 1.32 bits per heavy atom. The molecule has 1 aromatic heterocycles. The minimum absolute atomic E-state index is 0.0294. The number of carboxylic acid groups (broad SMARTS) is 1. The summed E-state index contributed by atoms with van der Waals surface area (Å²) in [5.41, 5.74) is -0.0294. The minimum atomic E-state index is -1.09. The molecule has 1 aromatic carbocycles. The number of aromatic carboxylic acids is 1. The van der Waals surface area contributed by atoms with Gasteiger partial charge in [0.05, 0.1) is 6.54 Å². The fraction of sp³-hybridized carbons (Fsp3) is 0.0833. The average Bonchev–Trinajstić information content (AvgIpc) is 2.86. The third-order valence-electron chi connectivity index (χ3n) is 2.11. The van der Waals surface area contributed by atoms with E-state index >= 15 is 0 Å². The Morgan fingerprint density at radius 3 is 2.68 bits per heavy atom. The number of para-hydroxylation sites is 1. The zero-order valence-corrected chi connectivity index (χ0v) is 10.5. The molecule has 0 saturated heterocycles. The molecule has 0 radical (unpaired) electrons. The molecule has 2 aromatic rings. The van der Waals surface area contributed by atoms with Crippen molar-refractivity contribution >= 4 is 23.4 Å². The third-order valence-corrected chi connectivity index (χ3v) is 2.96. The lowest BCUT2D eigenvalue weighted by molar-refractivity contribution is 0.0691. The van der Waals surface area contributed by atoms with E-state index in [-0.39, 0.29) is 12.2 Å². The molecule has 0 spiro atoms. The van der Waals surface area contributed by atoms with Crippen molar-refractivity contribution in [1.82, 2.24) is 10.3 Å². The summed E-state index contributed by atoms with van der Waals surface area (Å²) < 4.78 is 5.00. The maximum atomic E-state index is 11.5. The van der Waals surface area contributed by atoms with Crippen LogP contribution in [0.5, 0.6) is 5.75 Å². The zero-order valence-electron chi connectivity index (χ0n) is 9.70. The molecule has 0 atom stereocenters. The lowest BCUT2D eigenvalue weighted by Crippen LogP contribution is -2.26. The number of aromatic nitrogens is 1. The van der Waals surface area contributed by atoms with Crippen molar-refractivity contribution in [2.45, 2.75) is 6.54 Å². The number of thiazole rings is 1. The molecule has 0 aliphatic heterocycles. The van der Waals surface area contributed by atoms with Crippen molar-refractivity contribution in [2.24, 2.45) is 0 Å². The van der Waals surface area contributed by atoms with Crippen LogP contribution >= 0.6 is 11.3 Å². The Morgan fingerprint density at radius 2 is 2.05 bits per heavy atom. The van der Waals surface area contributed by atoms with Crippen molar-refractivity contribution in [3.05, 3.63) is 46.4 Å². The van der Waals surface area contributed by atoms with Gasteiger partial charge in [-0.1, -0.05) is 18.2 Å². The number of carbonyl (C=O) groups is 2. The van der Waals surface area contributed by atoms with Gasteiger partial charge in [0.25, 0.3) is 0 Å². The number of carboxylic acids is 1. The van der Waals surface area contributed by atoms with E-state index in [0.29, 0.717) is 10.8 Å². The third kappa shape index (κ3) is 3.78. The highest BCUT2D eigenvalue weighted by atomic mass is 32.1. The number of rotatable bonds is 4. The summed E-state index contributed by atoms with van der Waals surface area (Å²) in [6.45, 7) is 0.129. The van der Waals surface area contributed by atoms with Gasteiger partial charge in [-0.05, 0) is 12.1 Å². The predicted molar refractivity (Wildman–Crippen MR) is 68.4 cm³/mol. The number of nitrogens with zero attached hydrogens (tertiary/aromatic N) is 1. The molecule has 0 saturated carbocycles. The summed E-state index contributed by atoms with van der Waals surface area (Å²) >= 11 is 1.16. The number of ether oxygens (including phenoxy) is 1. The second-order valence-corrected chi connectivity index (χ2v) is 4.43. The first-order valence-electron chi connectivity index (χ1n) is 5.33. The molecule has 1 heterocycles. The quantitative estimate of drug-likeness (QED) is 0.894. The molecule has 1 amide bonds. The van der Waals surface area contributed by atoms with Gasteiger partial charge < -0.3 is 15.2 Å². The monoisotopic (exact) mass is 278 g/mol. The SMILES string of the molecule is O=C(NCc1nc(C(=O)O)cs1)Oc1ccccc1. The molecule has 98 valence electrons. The number of amides is 1. The Kier molecular flexibility index (Phi) is 4.09. The summed E-state index contributed by atoms with van der Waals surface area (Å²) in [7, 11) is 0. The summed E-state index contributed by atoms with van der Waals surface area (Å²) in [5.74, 6) is -0.653. The molecule has 0 aliphatic rings. The van der Waals surface area contributed by atoms with Crippen LogP contribution < -0.4 is 10.1 Å². The fourth-order valence-corrected chi connectivity index (χ4v) is 1.98. The normalized spacial score (nSPS) is 9.89. The highest BCUT2D eigenvalue weighted by Crippen LogP contribution is 2.10. The van der Waals surface area contributed by atoms with Crippen molar-refractivity contribution < 1.29 is 19.4 Å². The van der Waals surface area contributed by atoms with E-state index < -0.39 is 12.1 Å². The number of carbonyl (C=O) groups excluding carboxylic acids is 1. The largest absolute Gasteiger partial charge is 0.476 e. The average molecular weight is 278 g/mol. The van der Waals surface area contributed by atoms with Gasteiger partial charge in [0.15, 0.2) is 5.69 Å². The number of hydrogen-bond donors (Lipinski definition) is 2. The standard InChI is InChI=1S/C12H10N2O4S/c15-11(16)9-7-19-10(14-9)6-13-12(17)18-8-4-2-1-3-5-8/h1-5,7H,6H2,(H,13,17)(H,15,16). The summed E-state index contributed by atoms with van der Waals surface area (Å²) in [5, 5.41) is 13.1. The van der Waals surface area contributed by atoms with Gasteiger partial charge in [0, 0.05) is 5.38 Å². The van der Waals surface area contributed by atoms with Gasteiger partial charge in [0.2, 0.25) is 0 Å². The maximum Gasteiger partial charge on any atom is 0.412 e. The predicted octanol–water partition coefficient (Wildman–Crippen LogP) is 2.13. The van der Waals surface area contributed by atoms with E-state index in [4.69, 9.17) is 9.84 Å². The lowest BCUT2D eigenvalue weighted by Gasteiger charge is -2.04. The topological polar surface area (TPSA) is 88.5 Å². The molecule has 2 N–H and O–H groups in total. The Hall–Kier alpha value is -2.41. The molecular weight excluding hydrogens is 268 g/mol. The molecule has 0 aliphatic carbocycles. The molecule has 0 fully saturated rings. The van der Waals surface area contributed by atoms with Crippen LogP contribution in [0.3, 0.4) is 0 Å². The van der Waals surface area contributed by atoms with Crippen LogP contribution in [-0.2, 0) is 6.54 Å². The van der Waals surface area contributed by atoms with E-state index in [0.717, 1.165) is 11.3 Å². The van der Waals surface area contributed by atoms with E-state index in [1.165, 1.54) is 5.38 Å². The van der Waals surface area contributed by atoms with Gasteiger partial charge in [-0.25, -0.2) is 14.6 Å². The van der Waals surface area contributed by atoms with Gasteiger partial charge in [0.1, 0.15) is 10.8 Å². The van der Waals surface area contributed by atoms with Crippen LogP contribution in [-0.4, -0.2) is 22.2 Å². The Bertz CT molecular complexity index is 582. The summed E-state index contributed by atoms with van der Waals surface area (Å²) in [4.78, 5) is 25.9. The summed E-state index contributed by atoms with van der Waals surface area (Å²) in [6, 6.07) is 8.63. The van der Waals surface area contributed by atoms with E-state index in [9.17, 15) is 9.59 Å². The van der Waals surface area contributed by atoms with Gasteiger partial charge in [-0.3, -0.25) is 0 Å². The molecule has 0 bridgehead atoms. The second kappa shape index (κ2) is 5.96. The Labute approximate surface area is 112 Å². The highest BCUT2D eigenvalue weighted by molar-refractivity contribution is 7.09. The van der Waals surface area contributed by atoms with Crippen LogP contribution in [0.1, 0.15) is 15.5 Å². The van der Waals surface area contributed by atoms with Gasteiger partial charge >= 0.3 is 12.1 Å². The van der Waals surface area contributed by atoms with Crippen LogP contribution in [0, 0.1) is 0 Å². The first-order chi connectivity index (χ1) is 9.15. The van der Waals surface area contributed by atoms with Crippen LogP contribution in [0.25, 0.3) is 0 Å². The fourth-order valence-electron chi connectivity index (χ4n) is 1.27. The molecule has 2 rings (SSSR count). The maximum absolute atomic E-state index is 11.5. The van der Waals surface area contributed by atoms with Crippen molar-refractivity contribution in [1.29, 1.82) is 0 Å². The summed E-state index contributed by atoms with van der Waals surface area (Å²) in [6.07, 6.45) is -0.613. The number of benzene rings is 1. The first-order valence-corrected chi connectivity index (χ1v) is 6.21. The highest BCUT2D eigenvalue weighted by Gasteiger charge is 2.10. The van der Waals surface area contributed by atoms with E-state index in [1.807, 2.05) is 6.07 Å². The molecule has 6 nitrogen and oxygen atoms in total. The van der Waals surface area contributed by atoms with Crippen LogP contribution in [0.2, 0.25) is 0 Å². The lowest BCUT2D eigenvalue weighted by atomic mass is 10.3. The first kappa shape index (κ1) is 13.0. The van der Waals surface area contributed by atoms with Crippen molar-refractivity contribution in [3.63, 3.8) is 0 Å². The zero-order chi connectivity index (χ0) is 13.7. The van der Waals surface area contributed by atoms with Gasteiger partial charge in [-0.2, -0.15) is 0 Å². The molecule has 0 unspecified atom stereocenters. The van der Waals surface area contributed by atoms with Gasteiger partial charge in [-0.15, -0.1) is 11.3 Å². The minimum Gasteiger partial charge on any atom is -0.476 e. The van der Waals surface area contributed by atoms with Crippen LogP contribution in [0.4, 0.5) is 4.79 Å². The van der Waals surface area contributed by atoms with E-state index in [2.05, 4.69) is 10.3 Å². The second-order valence-electron chi connectivity index (χ2n) is 3.49. The van der Waals surface area contributed by atoms with E-state index in [1.54, 1.807) is 24.3 Å². The molecule has 19 heavy (non-hydrogen) atoms. The molecule has 7 heteroatoms.